The molecule has 0 unspecified atom stereocenters. The molecule has 3 fully saturated rings. The number of imide groups is 1. The van der Waals surface area contributed by atoms with E-state index in [0.29, 0.717) is 0 Å². The van der Waals surface area contributed by atoms with Gasteiger partial charge in [0.05, 0.1) is 28.4 Å². The topological polar surface area (TPSA) is 63.7 Å². The molecule has 1 aliphatic heterocycles. The number of likely N-dealkylation sites (tertiary alicyclic amines) is 1. The summed E-state index contributed by atoms with van der Waals surface area (Å²) in [6.45, 7) is 1.21. The summed E-state index contributed by atoms with van der Waals surface area (Å²) in [5.74, 6) is -3.11. The summed E-state index contributed by atoms with van der Waals surface area (Å²) in [5.41, 5.74) is 0. The number of alkyl halides is 4. The van der Waals surface area contributed by atoms with E-state index in [9.17, 15) is 14.4 Å². The van der Waals surface area contributed by atoms with Crippen molar-refractivity contribution in [2.75, 3.05) is 13.2 Å². The minimum absolute atomic E-state index is 0.00628. The highest BCUT2D eigenvalue weighted by molar-refractivity contribution is 6.65. The highest BCUT2D eigenvalue weighted by Gasteiger charge is 2.83. The van der Waals surface area contributed by atoms with E-state index in [1.54, 1.807) is 0 Å². The first-order chi connectivity index (χ1) is 12.9. The monoisotopic (exact) mass is 507 g/mol. The van der Waals surface area contributed by atoms with Crippen LogP contribution in [0.4, 0.5) is 0 Å². The molecule has 0 aromatic rings. The third-order valence-corrected chi connectivity index (χ3v) is 10.9. The van der Waals surface area contributed by atoms with Crippen molar-refractivity contribution in [1.82, 2.24) is 4.90 Å². The second-order valence-corrected chi connectivity index (χ2v) is 11.0. The Bertz CT molecular complexity index is 776. The number of allylic oxidation sites excluding steroid dienone is 2. The molecule has 0 aromatic carbocycles. The number of hydrogen-bond donors (Lipinski definition) is 0. The fourth-order valence-electron chi connectivity index (χ4n) is 5.29. The summed E-state index contributed by atoms with van der Waals surface area (Å²) in [4.78, 5) is 34.9. The maximum Gasteiger partial charge on any atom is 0.302 e. The van der Waals surface area contributed by atoms with E-state index in [-0.39, 0.29) is 47.9 Å². The Kier molecular flexibility index (Phi) is 4.98. The molecule has 0 N–H and O–H groups in total. The van der Waals surface area contributed by atoms with Gasteiger partial charge in [0.1, 0.15) is 16.4 Å². The van der Waals surface area contributed by atoms with E-state index in [0.717, 1.165) is 4.90 Å². The average molecular weight is 510 g/mol. The number of nitrogens with zero attached hydrogens (tertiary/aromatic N) is 1. The largest absolute Gasteiger partial charge is 0.464 e. The lowest BCUT2D eigenvalue weighted by atomic mass is 9.65. The minimum atomic E-state index is -1.67. The first-order valence-corrected chi connectivity index (χ1v) is 11.0. The lowest BCUT2D eigenvalue weighted by Gasteiger charge is -2.42. The highest BCUT2D eigenvalue weighted by atomic mass is 35.5. The van der Waals surface area contributed by atoms with Gasteiger partial charge in [0.25, 0.3) is 0 Å². The van der Waals surface area contributed by atoms with E-state index in [1.165, 1.54) is 6.92 Å². The first kappa shape index (κ1) is 21.3. The summed E-state index contributed by atoms with van der Waals surface area (Å²) in [6.07, 6.45) is 0.535. The van der Waals surface area contributed by atoms with Crippen LogP contribution in [0.15, 0.2) is 10.1 Å². The van der Waals surface area contributed by atoms with Crippen LogP contribution in [0.2, 0.25) is 0 Å². The van der Waals surface area contributed by atoms with Crippen LogP contribution < -0.4 is 0 Å². The molecule has 5 nitrogen and oxygen atoms in total. The molecule has 0 aromatic heterocycles. The third-order valence-electron chi connectivity index (χ3n) is 6.54. The predicted octanol–water partition coefficient (Wildman–Crippen LogP) is 4.02. The lowest BCUT2D eigenvalue weighted by molar-refractivity contribution is -0.147. The standard InChI is InChI=1S/C17H15Cl6NO4/c1-6(25)28-3-2-24-13(26)7-4-9-10(5-8(7)14(24)27)16(21)12(19)11(18)15(9,20)17(16,22)23/h7-10H,2-5H2,1H3/t7-,8+,9-,10+,15-,16-/m1/s1. The predicted molar refractivity (Wildman–Crippen MR) is 107 cm³/mol. The van der Waals surface area contributed by atoms with E-state index in [2.05, 4.69) is 0 Å². The first-order valence-electron chi connectivity index (χ1n) is 8.71. The molecule has 2 saturated carbocycles. The van der Waals surface area contributed by atoms with Gasteiger partial charge in [0.15, 0.2) is 4.33 Å². The smallest absolute Gasteiger partial charge is 0.302 e. The van der Waals surface area contributed by atoms with Crippen molar-refractivity contribution in [3.63, 3.8) is 0 Å². The molecule has 4 aliphatic rings. The van der Waals surface area contributed by atoms with Gasteiger partial charge in [0.2, 0.25) is 11.8 Å². The van der Waals surface area contributed by atoms with Crippen molar-refractivity contribution in [3.05, 3.63) is 10.1 Å². The number of fused-ring (bicyclic) bond motifs is 6. The fourth-order valence-corrected chi connectivity index (χ4v) is 8.40. The summed E-state index contributed by atoms with van der Waals surface area (Å²) in [6, 6.07) is 0. The molecule has 3 aliphatic carbocycles. The van der Waals surface area contributed by atoms with E-state index < -0.39 is 43.7 Å². The quantitative estimate of drug-likeness (QED) is 0.327. The number of hydrogen-bond acceptors (Lipinski definition) is 4. The molecule has 4 rings (SSSR count). The minimum Gasteiger partial charge on any atom is -0.464 e. The number of halogens is 6. The molecule has 0 spiro atoms. The van der Waals surface area contributed by atoms with Gasteiger partial charge in [0, 0.05) is 6.92 Å². The van der Waals surface area contributed by atoms with Crippen LogP contribution in [0.25, 0.3) is 0 Å². The number of carbonyl (C=O) groups is 3. The number of amides is 2. The number of carbonyl (C=O) groups excluding carboxylic acids is 3. The molecule has 28 heavy (non-hydrogen) atoms. The summed E-state index contributed by atoms with van der Waals surface area (Å²) >= 11 is 39.6. The van der Waals surface area contributed by atoms with Crippen molar-refractivity contribution in [1.29, 1.82) is 0 Å². The molecular weight excluding hydrogens is 495 g/mol. The van der Waals surface area contributed by atoms with Gasteiger partial charge >= 0.3 is 5.97 Å². The zero-order valence-electron chi connectivity index (χ0n) is 14.5. The second kappa shape index (κ2) is 6.54. The van der Waals surface area contributed by atoms with Crippen molar-refractivity contribution >= 4 is 87.4 Å². The van der Waals surface area contributed by atoms with E-state index >= 15 is 0 Å². The Balaban J connectivity index is 1.64. The molecular formula is C17H15Cl6NO4. The Labute approximate surface area is 191 Å². The molecule has 0 radical (unpaired) electrons. The summed E-state index contributed by atoms with van der Waals surface area (Å²) < 4.78 is 3.18. The zero-order valence-corrected chi connectivity index (χ0v) is 19.0. The molecule has 6 atom stereocenters. The van der Waals surface area contributed by atoms with Gasteiger partial charge in [-0.05, 0) is 24.7 Å². The Morgan fingerprint density at radius 3 is 1.82 bits per heavy atom. The van der Waals surface area contributed by atoms with Crippen LogP contribution in [-0.4, -0.2) is 49.9 Å². The van der Waals surface area contributed by atoms with Gasteiger partial charge in [-0.1, -0.05) is 46.4 Å². The Hall–Kier alpha value is 0.0900. The van der Waals surface area contributed by atoms with Gasteiger partial charge in [-0.15, -0.1) is 23.2 Å². The van der Waals surface area contributed by atoms with Crippen LogP contribution in [0.1, 0.15) is 19.8 Å². The van der Waals surface area contributed by atoms with Crippen LogP contribution in [-0.2, 0) is 19.1 Å². The Morgan fingerprint density at radius 1 is 1.00 bits per heavy atom. The van der Waals surface area contributed by atoms with Crippen LogP contribution in [0.3, 0.4) is 0 Å². The summed E-state index contributed by atoms with van der Waals surface area (Å²) in [7, 11) is 0. The molecule has 2 bridgehead atoms. The fraction of sp³-hybridized carbons (Fsp3) is 0.706. The third kappa shape index (κ3) is 2.32. The van der Waals surface area contributed by atoms with Crippen molar-refractivity contribution < 1.29 is 19.1 Å². The van der Waals surface area contributed by atoms with E-state index in [1.807, 2.05) is 0 Å². The highest BCUT2D eigenvalue weighted by Crippen LogP contribution is 2.79. The second-order valence-electron chi connectivity index (χ2n) is 7.69. The van der Waals surface area contributed by atoms with Gasteiger partial charge in [-0.25, -0.2) is 0 Å². The molecule has 1 heterocycles. The lowest BCUT2D eigenvalue weighted by Crippen LogP contribution is -2.44. The maximum atomic E-state index is 12.9. The average Bonchev–Trinajstić information content (AvgIpc) is 2.98. The number of rotatable bonds is 3. The molecule has 1 saturated heterocycles. The van der Waals surface area contributed by atoms with Crippen LogP contribution >= 0.6 is 69.6 Å². The molecule has 11 heteroatoms. The zero-order chi connectivity index (χ0) is 20.8. The Morgan fingerprint density at radius 2 is 1.43 bits per heavy atom. The van der Waals surface area contributed by atoms with E-state index in [4.69, 9.17) is 74.3 Å². The van der Waals surface area contributed by atoms with Gasteiger partial charge in [-0.3, -0.25) is 19.3 Å². The van der Waals surface area contributed by atoms with Gasteiger partial charge in [-0.2, -0.15) is 0 Å². The number of ether oxygens (including phenoxy) is 1. The summed E-state index contributed by atoms with van der Waals surface area (Å²) in [5, 5.41) is 0.193. The molecule has 154 valence electrons. The molecule has 2 amide bonds. The number of esters is 1. The maximum absolute atomic E-state index is 12.9. The van der Waals surface area contributed by atoms with Crippen LogP contribution in [0.5, 0.6) is 0 Å². The normalized spacial score (nSPS) is 43.5. The van der Waals surface area contributed by atoms with Crippen molar-refractivity contribution in [2.45, 2.75) is 33.8 Å². The van der Waals surface area contributed by atoms with Crippen molar-refractivity contribution in [3.8, 4) is 0 Å². The SMILES string of the molecule is CC(=O)OCCN1C(=O)[C@H]2C[C@H]3[C@@H](C[C@H]2C1=O)[C@@]1(Cl)C(Cl)=C(Cl)[C@@]3(Cl)C1(Cl)Cl. The van der Waals surface area contributed by atoms with Crippen LogP contribution in [0, 0.1) is 23.7 Å². The van der Waals surface area contributed by atoms with Crippen molar-refractivity contribution in [2.24, 2.45) is 23.7 Å². The van der Waals surface area contributed by atoms with Gasteiger partial charge < -0.3 is 4.74 Å².